The number of primary amides is 1. The lowest BCUT2D eigenvalue weighted by Gasteiger charge is -2.47. The highest BCUT2D eigenvalue weighted by Gasteiger charge is 2.56. The summed E-state index contributed by atoms with van der Waals surface area (Å²) in [4.78, 5) is 81.4. The minimum atomic E-state index is -1.52. The number of aliphatic hydroxyl groups is 2. The van der Waals surface area contributed by atoms with E-state index in [9.17, 15) is 39.0 Å². The molecule has 26 heteroatoms. The van der Waals surface area contributed by atoms with Crippen LogP contribution in [0.25, 0.3) is 0 Å². The molecule has 0 radical (unpaired) electrons. The number of nitrogens with two attached hydrogens (primary N) is 1. The van der Waals surface area contributed by atoms with Crippen molar-refractivity contribution in [2.75, 3.05) is 73.3 Å². The first-order valence-electron chi connectivity index (χ1n) is 27.3. The predicted octanol–water partition coefficient (Wildman–Crippen LogP) is 3.23. The van der Waals surface area contributed by atoms with Crippen molar-refractivity contribution in [2.45, 2.75) is 121 Å². The lowest BCUT2D eigenvalue weighted by atomic mass is 9.66. The number of ether oxygens (including phenoxy) is 11. The van der Waals surface area contributed by atoms with Gasteiger partial charge in [-0.3, -0.25) is 14.4 Å². The van der Waals surface area contributed by atoms with Crippen molar-refractivity contribution >= 4 is 41.7 Å². The molecule has 8 rings (SSSR count). The van der Waals surface area contributed by atoms with Gasteiger partial charge in [-0.2, -0.15) is 0 Å². The second-order valence-corrected chi connectivity index (χ2v) is 21.5. The van der Waals surface area contributed by atoms with Crippen molar-refractivity contribution in [1.82, 2.24) is 25.8 Å². The van der Waals surface area contributed by atoms with E-state index in [1.165, 1.54) is 38.1 Å². The summed E-state index contributed by atoms with van der Waals surface area (Å²) >= 11 is 0. The molecule has 26 nitrogen and oxygen atoms in total. The second kappa shape index (κ2) is 26.8. The summed E-state index contributed by atoms with van der Waals surface area (Å²) in [6.07, 6.45) is -8.28. The van der Waals surface area contributed by atoms with E-state index in [1.807, 2.05) is 27.7 Å². The van der Waals surface area contributed by atoms with E-state index in [0.29, 0.717) is 45.9 Å². The Hall–Kier alpha value is -7.20. The van der Waals surface area contributed by atoms with Crippen molar-refractivity contribution in [3.05, 3.63) is 70.8 Å². The number of cyclic esters (lactones) is 1. The number of rotatable bonds is 22. The summed E-state index contributed by atoms with van der Waals surface area (Å²) < 4.78 is 64.5. The molecule has 3 aromatic carbocycles. The standard InChI is InChI=1S/C56H75N7O19/c1-27(2)44(59-28(3)4)51(67)61-36(11-10-16-58-54(57)69)50(66)60-32-14-12-30(13-15-32)23-76-55(70)62(6)17-18-63(7)56(71)82-48-39(72-8)19-31(20-40(48)73-9)42-33-21-37-38(78-26-77-37)22-34(33)47(35-24-75-52(68)43(35)42)81-53-46(65)45(64)49-41(80-53)25-74-29(5)79-49/h12-15,19-22,27-29,35-36,41-47,49,53,59,64-65H,10-11,16-18,23-26H2,1-9H3,(H,60,66)(H,61,67)(H3,57,58,69)/t29-,35?,36+,41?,42-,43?,44+,45-,46-,47-,49?,53+/m1/s1. The third kappa shape index (κ3) is 14.0. The zero-order valence-corrected chi connectivity index (χ0v) is 47.4. The number of nitrogens with zero attached hydrogens (tertiary/aromatic N) is 2. The van der Waals surface area contributed by atoms with Gasteiger partial charge in [0, 0.05) is 57.3 Å². The highest BCUT2D eigenvalue weighted by molar-refractivity contribution is 5.98. The van der Waals surface area contributed by atoms with Gasteiger partial charge in [-0.05, 0) is 84.3 Å². The van der Waals surface area contributed by atoms with E-state index in [1.54, 1.807) is 55.5 Å². The molecule has 5 aliphatic rings. The topological polar surface area (TPSA) is 325 Å². The molecular formula is C56H75N7O19. The third-order valence-electron chi connectivity index (χ3n) is 15.0. The first-order chi connectivity index (χ1) is 39.1. The fourth-order valence-corrected chi connectivity index (χ4v) is 10.6. The van der Waals surface area contributed by atoms with Gasteiger partial charge in [0.1, 0.15) is 37.1 Å². The summed E-state index contributed by atoms with van der Waals surface area (Å²) in [5.74, 6) is -2.63. The number of likely N-dealkylation sites (N-methyl/N-ethyl adjacent to an activating group) is 2. The molecule has 0 bridgehead atoms. The molecule has 4 unspecified atom stereocenters. The number of hydrogen-bond acceptors (Lipinski definition) is 20. The highest BCUT2D eigenvalue weighted by Crippen LogP contribution is 2.57. The van der Waals surface area contributed by atoms with Crippen LogP contribution in [-0.4, -0.2) is 179 Å². The van der Waals surface area contributed by atoms with E-state index in [2.05, 4.69) is 21.3 Å². The van der Waals surface area contributed by atoms with Gasteiger partial charge in [-0.25, -0.2) is 14.4 Å². The van der Waals surface area contributed by atoms with Crippen molar-refractivity contribution in [2.24, 2.45) is 23.5 Å². The number of methoxy groups -OCH3 is 2. The summed E-state index contributed by atoms with van der Waals surface area (Å²) in [7, 11) is 5.77. The van der Waals surface area contributed by atoms with Crippen LogP contribution in [0, 0.1) is 17.8 Å². The molecule has 8 N–H and O–H groups in total. The molecule has 6 amide bonds. The molecule has 3 fully saturated rings. The Kier molecular flexibility index (Phi) is 19.9. The minimum Gasteiger partial charge on any atom is -0.493 e. The zero-order valence-electron chi connectivity index (χ0n) is 47.4. The predicted molar refractivity (Wildman–Crippen MR) is 289 cm³/mol. The Balaban J connectivity index is 0.886. The average Bonchev–Trinajstić information content (AvgIpc) is 3.62. The largest absolute Gasteiger partial charge is 0.493 e. The van der Waals surface area contributed by atoms with Gasteiger partial charge in [0.25, 0.3) is 0 Å². The molecular weight excluding hydrogens is 1070 g/mol. The molecule has 82 heavy (non-hydrogen) atoms. The number of aliphatic hydroxyl groups excluding tert-OH is 2. The Bertz CT molecular complexity index is 2760. The molecule has 448 valence electrons. The van der Waals surface area contributed by atoms with E-state index < -0.39 is 103 Å². The van der Waals surface area contributed by atoms with Gasteiger partial charge in [0.2, 0.25) is 24.4 Å². The van der Waals surface area contributed by atoms with Crippen LogP contribution in [0.2, 0.25) is 0 Å². The maximum Gasteiger partial charge on any atom is 0.415 e. The van der Waals surface area contributed by atoms with Crippen LogP contribution < -0.4 is 50.7 Å². The van der Waals surface area contributed by atoms with E-state index >= 15 is 0 Å². The summed E-state index contributed by atoms with van der Waals surface area (Å²) in [5.41, 5.74) is 7.96. The molecule has 3 aromatic rings. The van der Waals surface area contributed by atoms with Crippen LogP contribution in [0.3, 0.4) is 0 Å². The molecule has 0 saturated carbocycles. The van der Waals surface area contributed by atoms with Gasteiger partial charge in [-0.15, -0.1) is 0 Å². The van der Waals surface area contributed by atoms with Crippen molar-refractivity contribution in [3.8, 4) is 28.7 Å². The van der Waals surface area contributed by atoms with E-state index in [0.717, 1.165) is 0 Å². The Morgan fingerprint density at radius 3 is 2.12 bits per heavy atom. The number of urea groups is 1. The van der Waals surface area contributed by atoms with Gasteiger partial charge in [0.05, 0.1) is 45.5 Å². The van der Waals surface area contributed by atoms with Crippen LogP contribution in [0.15, 0.2) is 48.5 Å². The fourth-order valence-electron chi connectivity index (χ4n) is 10.6. The molecule has 1 aliphatic carbocycles. The van der Waals surface area contributed by atoms with Crippen molar-refractivity contribution in [1.29, 1.82) is 0 Å². The summed E-state index contributed by atoms with van der Waals surface area (Å²) in [6.45, 7) is 9.50. The second-order valence-electron chi connectivity index (χ2n) is 21.5. The average molecular weight is 1150 g/mol. The van der Waals surface area contributed by atoms with Crippen molar-refractivity contribution < 1.29 is 91.1 Å². The van der Waals surface area contributed by atoms with E-state index in [4.69, 9.17) is 57.8 Å². The normalized spacial score (nSPS) is 24.9. The zero-order chi connectivity index (χ0) is 59.1. The smallest absolute Gasteiger partial charge is 0.415 e. The molecule has 4 aliphatic heterocycles. The molecule has 0 aromatic heterocycles. The lowest BCUT2D eigenvalue weighted by molar-refractivity contribution is -0.364. The lowest BCUT2D eigenvalue weighted by Crippen LogP contribution is -2.63. The first-order valence-corrected chi connectivity index (χ1v) is 27.3. The number of carbonyl (C=O) groups excluding carboxylic acids is 6. The van der Waals surface area contributed by atoms with Crippen LogP contribution in [0.4, 0.5) is 20.1 Å². The van der Waals surface area contributed by atoms with E-state index in [-0.39, 0.29) is 87.8 Å². The monoisotopic (exact) mass is 1150 g/mol. The number of amides is 6. The fraction of sp³-hybridized carbons (Fsp3) is 0.571. The van der Waals surface area contributed by atoms with Crippen LogP contribution in [-0.2, 0) is 49.4 Å². The Morgan fingerprint density at radius 1 is 0.829 bits per heavy atom. The molecule has 12 atom stereocenters. The molecule has 0 spiro atoms. The number of anilines is 1. The summed E-state index contributed by atoms with van der Waals surface area (Å²) in [5, 5.41) is 33.9. The quantitative estimate of drug-likeness (QED) is 0.0561. The van der Waals surface area contributed by atoms with Crippen molar-refractivity contribution in [3.63, 3.8) is 0 Å². The number of esters is 1. The Morgan fingerprint density at radius 2 is 1.49 bits per heavy atom. The van der Waals surface area contributed by atoms with Gasteiger partial charge >= 0.3 is 24.2 Å². The minimum absolute atomic E-state index is 0.0181. The van der Waals surface area contributed by atoms with Crippen LogP contribution in [0.1, 0.15) is 81.7 Å². The van der Waals surface area contributed by atoms with Crippen LogP contribution >= 0.6 is 0 Å². The maximum absolute atomic E-state index is 13.9. The first kappa shape index (κ1) is 60.9. The maximum atomic E-state index is 13.9. The number of hydrogen-bond donors (Lipinski definition) is 7. The highest BCUT2D eigenvalue weighted by atomic mass is 16.8. The number of carbonyl (C=O) groups is 6. The number of fused-ring (bicyclic) bond motifs is 4. The Labute approximate surface area is 474 Å². The SMILES string of the molecule is COc1cc([C@@H]2c3cc4c(cc3[C@@H](O[C@@H]3OC5CO[C@@H](C)OC5[C@H](O)[C@H]3O)C3COC(=O)C32)OCO4)cc(OC)c1OC(=O)N(C)CCN(C)C(=O)OCc1ccc(NC(=O)[C@H](CCCNC(N)=O)NC(=O)[C@@H](NC(C)C)C(C)C)cc1. The third-order valence-corrected chi connectivity index (χ3v) is 15.0. The van der Waals surface area contributed by atoms with Crippen LogP contribution in [0.5, 0.6) is 28.7 Å². The number of benzene rings is 3. The van der Waals surface area contributed by atoms with Gasteiger partial charge < -0.3 is 99.1 Å². The number of nitrogens with one attached hydrogen (secondary N) is 4. The molecule has 3 saturated heterocycles. The molecule has 4 heterocycles. The summed E-state index contributed by atoms with van der Waals surface area (Å²) in [6, 6.07) is 11.3. The van der Waals surface area contributed by atoms with Gasteiger partial charge in [-0.1, -0.05) is 39.8 Å². The van der Waals surface area contributed by atoms with Gasteiger partial charge in [0.15, 0.2) is 35.6 Å².